The summed E-state index contributed by atoms with van der Waals surface area (Å²) in [5, 5.41) is 5.94. The number of nitrogens with zero attached hydrogens (tertiary/aromatic N) is 3. The highest BCUT2D eigenvalue weighted by Gasteiger charge is 2.36. The number of carbonyl (C=O) groups excluding carboxylic acids is 1. The van der Waals surface area contributed by atoms with Gasteiger partial charge in [-0.25, -0.2) is 9.50 Å². The van der Waals surface area contributed by atoms with E-state index in [2.05, 4.69) is 15.4 Å². The van der Waals surface area contributed by atoms with Gasteiger partial charge in [-0.05, 0) is 18.2 Å². The monoisotopic (exact) mass is 428 g/mol. The molecule has 3 rings (SSSR count). The van der Waals surface area contributed by atoms with Gasteiger partial charge in [-0.15, -0.1) is 0 Å². The molecule has 0 aliphatic rings. The van der Waals surface area contributed by atoms with Gasteiger partial charge in [0.2, 0.25) is 0 Å². The summed E-state index contributed by atoms with van der Waals surface area (Å²) in [5.41, 5.74) is -1.35. The van der Waals surface area contributed by atoms with Crippen LogP contribution in [-0.4, -0.2) is 47.9 Å². The number of nitrogens with one attached hydrogen (secondary N) is 1. The summed E-state index contributed by atoms with van der Waals surface area (Å²) in [7, 11) is 2.89. The minimum Gasteiger partial charge on any atom is -0.497 e. The second kappa shape index (κ2) is 8.26. The van der Waals surface area contributed by atoms with Gasteiger partial charge in [0, 0.05) is 19.2 Å². The molecular formula is C18H16ClF3N4O3. The standard InChI is InChI=1S/C18H16ClF3N4O3/c1-28-7-6-23-17(27)15-14(19)16-24-12(10-4-3-5-11(8-10)29-2)9-13(18(20,21)22)26(16)25-15/h3-5,8-9H,6-7H2,1-2H3,(H,23,27). The van der Waals surface area contributed by atoms with Gasteiger partial charge in [0.15, 0.2) is 17.0 Å². The molecule has 0 spiro atoms. The summed E-state index contributed by atoms with van der Waals surface area (Å²) >= 11 is 6.17. The minimum atomic E-state index is -4.76. The first kappa shape index (κ1) is 20.9. The topological polar surface area (TPSA) is 77.8 Å². The first-order valence-electron chi connectivity index (χ1n) is 8.34. The van der Waals surface area contributed by atoms with Crippen LogP contribution in [0.3, 0.4) is 0 Å². The quantitative estimate of drug-likeness (QED) is 0.608. The number of hydrogen-bond acceptors (Lipinski definition) is 5. The highest BCUT2D eigenvalue weighted by molar-refractivity contribution is 6.36. The molecule has 0 radical (unpaired) electrons. The molecule has 0 aliphatic carbocycles. The van der Waals surface area contributed by atoms with Crippen molar-refractivity contribution in [1.29, 1.82) is 0 Å². The van der Waals surface area contributed by atoms with Crippen LogP contribution in [0.2, 0.25) is 5.02 Å². The summed E-state index contributed by atoms with van der Waals surface area (Å²) in [6.45, 7) is 0.372. The van der Waals surface area contributed by atoms with Gasteiger partial charge in [0.1, 0.15) is 10.8 Å². The van der Waals surface area contributed by atoms with E-state index in [0.717, 1.165) is 6.07 Å². The Hall–Kier alpha value is -2.85. The zero-order chi connectivity index (χ0) is 21.2. The molecule has 0 bridgehead atoms. The molecule has 1 N–H and O–H groups in total. The van der Waals surface area contributed by atoms with Crippen LogP contribution in [0, 0.1) is 0 Å². The van der Waals surface area contributed by atoms with Crippen molar-refractivity contribution in [2.45, 2.75) is 6.18 Å². The molecule has 2 aromatic heterocycles. The Bertz CT molecular complexity index is 1050. The van der Waals surface area contributed by atoms with Gasteiger partial charge in [-0.1, -0.05) is 23.7 Å². The van der Waals surface area contributed by atoms with Gasteiger partial charge < -0.3 is 14.8 Å². The second-order valence-corrected chi connectivity index (χ2v) is 6.28. The van der Waals surface area contributed by atoms with Crippen LogP contribution in [0.25, 0.3) is 16.9 Å². The molecule has 0 atom stereocenters. The van der Waals surface area contributed by atoms with E-state index in [9.17, 15) is 18.0 Å². The summed E-state index contributed by atoms with van der Waals surface area (Å²) in [6.07, 6.45) is -4.76. The summed E-state index contributed by atoms with van der Waals surface area (Å²) in [5.74, 6) is -0.274. The molecule has 7 nitrogen and oxygen atoms in total. The number of rotatable bonds is 6. The third kappa shape index (κ3) is 4.28. The lowest BCUT2D eigenvalue weighted by molar-refractivity contribution is -0.142. The molecule has 0 saturated heterocycles. The van der Waals surface area contributed by atoms with Crippen molar-refractivity contribution in [2.24, 2.45) is 0 Å². The number of ether oxygens (including phenoxy) is 2. The maximum atomic E-state index is 13.7. The zero-order valence-corrected chi connectivity index (χ0v) is 16.1. The molecule has 0 fully saturated rings. The minimum absolute atomic E-state index is 0.0110. The zero-order valence-electron chi connectivity index (χ0n) is 15.4. The van der Waals surface area contributed by atoms with Crippen LogP contribution in [0.5, 0.6) is 5.75 Å². The largest absolute Gasteiger partial charge is 0.497 e. The van der Waals surface area contributed by atoms with E-state index in [0.29, 0.717) is 15.8 Å². The maximum absolute atomic E-state index is 13.7. The van der Waals surface area contributed by atoms with Crippen molar-refractivity contribution < 1.29 is 27.4 Å². The van der Waals surface area contributed by atoms with Gasteiger partial charge in [0.25, 0.3) is 5.91 Å². The predicted molar refractivity (Wildman–Crippen MR) is 99.2 cm³/mol. The van der Waals surface area contributed by atoms with Crippen molar-refractivity contribution in [3.63, 3.8) is 0 Å². The second-order valence-electron chi connectivity index (χ2n) is 5.90. The van der Waals surface area contributed by atoms with E-state index in [1.165, 1.54) is 14.2 Å². The van der Waals surface area contributed by atoms with E-state index in [1.807, 2.05) is 0 Å². The summed E-state index contributed by atoms with van der Waals surface area (Å²) in [4.78, 5) is 16.5. The molecular weight excluding hydrogens is 413 g/mol. The first-order chi connectivity index (χ1) is 13.8. The molecule has 2 heterocycles. The lowest BCUT2D eigenvalue weighted by Gasteiger charge is -2.11. The number of methoxy groups -OCH3 is 2. The molecule has 1 aromatic carbocycles. The Morgan fingerprint density at radius 2 is 2.03 bits per heavy atom. The van der Waals surface area contributed by atoms with Gasteiger partial charge >= 0.3 is 6.18 Å². The normalized spacial score (nSPS) is 11.7. The van der Waals surface area contributed by atoms with Crippen LogP contribution in [0.4, 0.5) is 13.2 Å². The molecule has 0 saturated carbocycles. The molecule has 3 aromatic rings. The fourth-order valence-electron chi connectivity index (χ4n) is 2.62. The van der Waals surface area contributed by atoms with Crippen LogP contribution in [0.15, 0.2) is 30.3 Å². The number of benzene rings is 1. The Morgan fingerprint density at radius 1 is 1.28 bits per heavy atom. The van der Waals surface area contributed by atoms with Crippen molar-refractivity contribution in [1.82, 2.24) is 19.9 Å². The molecule has 0 aliphatic heterocycles. The highest BCUT2D eigenvalue weighted by atomic mass is 35.5. The van der Waals surface area contributed by atoms with Crippen LogP contribution >= 0.6 is 11.6 Å². The van der Waals surface area contributed by atoms with Crippen molar-refractivity contribution in [3.8, 4) is 17.0 Å². The predicted octanol–water partition coefficient (Wildman–Crippen LogP) is 3.45. The highest BCUT2D eigenvalue weighted by Crippen LogP contribution is 2.35. The van der Waals surface area contributed by atoms with Gasteiger partial charge in [-0.3, -0.25) is 4.79 Å². The number of alkyl halides is 3. The SMILES string of the molecule is COCCNC(=O)c1nn2c(C(F)(F)F)cc(-c3cccc(OC)c3)nc2c1Cl. The first-order valence-corrected chi connectivity index (χ1v) is 8.72. The number of carbonyl (C=O) groups is 1. The third-order valence-electron chi connectivity index (χ3n) is 4.00. The van der Waals surface area contributed by atoms with E-state index in [-0.39, 0.29) is 35.2 Å². The molecule has 29 heavy (non-hydrogen) atoms. The average Bonchev–Trinajstić information content (AvgIpc) is 3.03. The lowest BCUT2D eigenvalue weighted by Crippen LogP contribution is -2.27. The van der Waals surface area contributed by atoms with Crippen LogP contribution in [0.1, 0.15) is 16.2 Å². The van der Waals surface area contributed by atoms with E-state index in [4.69, 9.17) is 21.1 Å². The third-order valence-corrected chi connectivity index (χ3v) is 4.34. The fourth-order valence-corrected chi connectivity index (χ4v) is 2.87. The fraction of sp³-hybridized carbons (Fsp3) is 0.278. The Kier molecular flexibility index (Phi) is 5.94. The Labute approximate surface area is 168 Å². The molecule has 11 heteroatoms. The summed E-state index contributed by atoms with van der Waals surface area (Å²) < 4.78 is 51.5. The number of aromatic nitrogens is 3. The molecule has 0 unspecified atom stereocenters. The number of hydrogen-bond donors (Lipinski definition) is 1. The number of fused-ring (bicyclic) bond motifs is 1. The molecule has 154 valence electrons. The average molecular weight is 429 g/mol. The van der Waals surface area contributed by atoms with E-state index >= 15 is 0 Å². The van der Waals surface area contributed by atoms with Crippen LogP contribution in [-0.2, 0) is 10.9 Å². The number of amides is 1. The van der Waals surface area contributed by atoms with Gasteiger partial charge in [-0.2, -0.15) is 18.3 Å². The lowest BCUT2D eigenvalue weighted by atomic mass is 10.1. The van der Waals surface area contributed by atoms with Crippen molar-refractivity contribution in [3.05, 3.63) is 46.7 Å². The van der Waals surface area contributed by atoms with E-state index < -0.39 is 17.8 Å². The molecule has 1 amide bonds. The van der Waals surface area contributed by atoms with Crippen molar-refractivity contribution >= 4 is 23.2 Å². The summed E-state index contributed by atoms with van der Waals surface area (Å²) in [6, 6.07) is 7.25. The van der Waals surface area contributed by atoms with Crippen molar-refractivity contribution in [2.75, 3.05) is 27.4 Å². The maximum Gasteiger partial charge on any atom is 0.433 e. The smallest absolute Gasteiger partial charge is 0.433 e. The Balaban J connectivity index is 2.16. The van der Waals surface area contributed by atoms with Gasteiger partial charge in [0.05, 0.1) is 19.4 Å². The van der Waals surface area contributed by atoms with E-state index in [1.54, 1.807) is 24.3 Å². The Morgan fingerprint density at radius 3 is 2.69 bits per heavy atom. The van der Waals surface area contributed by atoms with Crippen LogP contribution < -0.4 is 10.1 Å². The number of halogens is 4.